The molecule has 1 aliphatic rings. The Hall–Kier alpha value is -2.46. The minimum Gasteiger partial charge on any atom is -0.433 e. The number of para-hydroxylation sites is 2. The Morgan fingerprint density at radius 2 is 2.10 bits per heavy atom. The first-order valence-corrected chi connectivity index (χ1v) is 11.4. The van der Waals surface area contributed by atoms with Crippen molar-refractivity contribution in [1.82, 2.24) is 9.38 Å². The molecule has 0 bridgehead atoms. The van der Waals surface area contributed by atoms with Crippen LogP contribution in [0.1, 0.15) is 29.1 Å². The zero-order chi connectivity index (χ0) is 21.1. The Morgan fingerprint density at radius 1 is 1.30 bits per heavy atom. The van der Waals surface area contributed by atoms with Gasteiger partial charge in [0.2, 0.25) is 5.91 Å². The topological polar surface area (TPSA) is 72.7 Å². The fraction of sp³-hybridized carbons (Fsp3) is 0.350. The largest absolute Gasteiger partial charge is 0.433 e. The average molecular weight is 452 g/mol. The zero-order valence-corrected chi connectivity index (χ0v) is 17.5. The molecule has 4 rings (SSSR count). The second-order valence-electron chi connectivity index (χ2n) is 6.80. The van der Waals surface area contributed by atoms with E-state index in [4.69, 9.17) is 0 Å². The maximum atomic E-state index is 12.6. The van der Waals surface area contributed by atoms with Crippen molar-refractivity contribution in [3.05, 3.63) is 57.0 Å². The fourth-order valence-electron chi connectivity index (χ4n) is 3.42. The van der Waals surface area contributed by atoms with Crippen LogP contribution in [0.3, 0.4) is 0 Å². The second kappa shape index (κ2) is 9.13. The van der Waals surface area contributed by atoms with Gasteiger partial charge in [0.15, 0.2) is 4.96 Å². The lowest BCUT2D eigenvalue weighted by atomic mass is 10.0. The number of fused-ring (bicyclic) bond motifs is 3. The fourth-order valence-corrected chi connectivity index (χ4v) is 5.37. The lowest BCUT2D eigenvalue weighted by molar-refractivity contribution is -0.113. The van der Waals surface area contributed by atoms with E-state index in [1.54, 1.807) is 27.9 Å². The van der Waals surface area contributed by atoms with E-state index in [2.05, 4.69) is 15.0 Å². The maximum Gasteiger partial charge on any atom is 0.387 e. The van der Waals surface area contributed by atoms with Gasteiger partial charge in [0, 0.05) is 22.4 Å². The third kappa shape index (κ3) is 4.65. The van der Waals surface area contributed by atoms with Crippen molar-refractivity contribution in [3.8, 4) is 5.75 Å². The van der Waals surface area contributed by atoms with Crippen molar-refractivity contribution >= 4 is 39.7 Å². The number of nitrogens with zero attached hydrogens (tertiary/aromatic N) is 2. The number of thiazole rings is 1. The van der Waals surface area contributed by atoms with Crippen LogP contribution in [0, 0.1) is 0 Å². The van der Waals surface area contributed by atoms with Crippen LogP contribution in [0.5, 0.6) is 5.75 Å². The van der Waals surface area contributed by atoms with Crippen LogP contribution in [0.4, 0.5) is 14.5 Å². The molecule has 1 aliphatic carbocycles. The van der Waals surface area contributed by atoms with E-state index >= 15 is 0 Å². The molecular weight excluding hydrogens is 432 g/mol. The summed E-state index contributed by atoms with van der Waals surface area (Å²) in [6.45, 7) is -2.97. The minimum absolute atomic E-state index is 0.0856. The molecule has 0 saturated heterocycles. The van der Waals surface area contributed by atoms with Crippen LogP contribution in [-0.4, -0.2) is 27.7 Å². The highest BCUT2D eigenvalue weighted by Gasteiger charge is 2.18. The number of alkyl halides is 2. The van der Waals surface area contributed by atoms with E-state index < -0.39 is 6.61 Å². The zero-order valence-electron chi connectivity index (χ0n) is 15.9. The smallest absolute Gasteiger partial charge is 0.387 e. The molecule has 0 spiro atoms. The number of aryl methyl sites for hydroxylation is 2. The van der Waals surface area contributed by atoms with Crippen molar-refractivity contribution in [2.45, 2.75) is 38.0 Å². The number of benzene rings is 1. The number of rotatable bonds is 7. The lowest BCUT2D eigenvalue weighted by Gasteiger charge is -2.11. The van der Waals surface area contributed by atoms with Crippen LogP contribution < -0.4 is 15.6 Å². The van der Waals surface area contributed by atoms with Gasteiger partial charge in [0.25, 0.3) is 5.56 Å². The molecule has 2 aromatic heterocycles. The van der Waals surface area contributed by atoms with Crippen molar-refractivity contribution < 1.29 is 18.3 Å². The number of aromatic nitrogens is 2. The maximum absolute atomic E-state index is 12.6. The molecule has 1 amide bonds. The van der Waals surface area contributed by atoms with E-state index in [0.29, 0.717) is 16.4 Å². The highest BCUT2D eigenvalue weighted by molar-refractivity contribution is 7.99. The number of thioether (sulfide) groups is 1. The first-order valence-electron chi connectivity index (χ1n) is 9.46. The molecule has 1 aromatic carbocycles. The Balaban J connectivity index is 1.38. The molecule has 0 unspecified atom stereocenters. The molecule has 3 aromatic rings. The molecular formula is C20H19F2N3O3S2. The van der Waals surface area contributed by atoms with E-state index in [0.717, 1.165) is 31.4 Å². The van der Waals surface area contributed by atoms with E-state index in [1.807, 2.05) is 0 Å². The number of amides is 1. The van der Waals surface area contributed by atoms with Crippen molar-refractivity contribution in [1.29, 1.82) is 0 Å². The van der Waals surface area contributed by atoms with E-state index in [9.17, 15) is 18.4 Å². The number of anilines is 1. The van der Waals surface area contributed by atoms with E-state index in [-0.39, 0.29) is 28.7 Å². The first kappa shape index (κ1) is 20.8. The van der Waals surface area contributed by atoms with Gasteiger partial charge in [0.05, 0.1) is 17.1 Å². The molecule has 6 nitrogen and oxygen atoms in total. The third-order valence-corrected chi connectivity index (χ3v) is 6.78. The van der Waals surface area contributed by atoms with Gasteiger partial charge in [-0.3, -0.25) is 14.0 Å². The Labute approximate surface area is 179 Å². The summed E-state index contributed by atoms with van der Waals surface area (Å²) in [7, 11) is 0. The number of nitrogens with one attached hydrogen (secondary N) is 1. The van der Waals surface area contributed by atoms with Gasteiger partial charge >= 0.3 is 6.61 Å². The average Bonchev–Trinajstić information content (AvgIpc) is 3.08. The number of carbonyl (C=O) groups excluding carboxylic acids is 1. The normalized spacial score (nSPS) is 13.4. The van der Waals surface area contributed by atoms with Crippen LogP contribution >= 0.6 is 23.1 Å². The highest BCUT2D eigenvalue weighted by Crippen LogP contribution is 2.29. The monoisotopic (exact) mass is 451 g/mol. The quantitative estimate of drug-likeness (QED) is 0.585. The standard InChI is InChI=1S/C20H19F2N3O3S2/c21-19(22)28-15-7-3-1-5-13(15)24-17(26)11-29-10-12-9-18(27)25-14-6-2-4-8-16(14)30-20(25)23-12/h1,3,5,7,9,19H,2,4,6,8,10-11H2,(H,24,26). The van der Waals surface area contributed by atoms with Gasteiger partial charge in [-0.25, -0.2) is 4.98 Å². The molecule has 1 N–H and O–H groups in total. The number of halogens is 2. The lowest BCUT2D eigenvalue weighted by Crippen LogP contribution is -2.18. The van der Waals surface area contributed by atoms with E-state index in [1.165, 1.54) is 34.8 Å². The number of hydrogen-bond acceptors (Lipinski definition) is 6. The summed E-state index contributed by atoms with van der Waals surface area (Å²) in [6.07, 6.45) is 4.12. The van der Waals surface area contributed by atoms with Crippen molar-refractivity contribution in [2.75, 3.05) is 11.1 Å². The molecule has 0 saturated carbocycles. The van der Waals surface area contributed by atoms with Crippen LogP contribution in [0.15, 0.2) is 35.1 Å². The summed E-state index contributed by atoms with van der Waals surface area (Å²) in [5, 5.41) is 2.57. The molecule has 0 atom stereocenters. The predicted molar refractivity (Wildman–Crippen MR) is 114 cm³/mol. The van der Waals surface area contributed by atoms with Crippen LogP contribution in [-0.2, 0) is 23.4 Å². The van der Waals surface area contributed by atoms with Gasteiger partial charge in [-0.1, -0.05) is 12.1 Å². The van der Waals surface area contributed by atoms with Crippen LogP contribution in [0.25, 0.3) is 4.96 Å². The summed E-state index contributed by atoms with van der Waals surface area (Å²) in [5.74, 6) is 0.0457. The van der Waals surface area contributed by atoms with Crippen molar-refractivity contribution in [3.63, 3.8) is 0 Å². The number of ether oxygens (including phenoxy) is 1. The molecule has 30 heavy (non-hydrogen) atoms. The first-order chi connectivity index (χ1) is 14.5. The predicted octanol–water partition coefficient (Wildman–Crippen LogP) is 4.11. The molecule has 158 valence electrons. The Kier molecular flexibility index (Phi) is 6.33. The third-order valence-electron chi connectivity index (χ3n) is 4.68. The minimum atomic E-state index is -2.97. The summed E-state index contributed by atoms with van der Waals surface area (Å²) in [6, 6.07) is 7.54. The Morgan fingerprint density at radius 3 is 2.93 bits per heavy atom. The Bertz CT molecular complexity index is 1130. The highest BCUT2D eigenvalue weighted by atomic mass is 32.2. The molecule has 10 heteroatoms. The summed E-state index contributed by atoms with van der Waals surface area (Å²) in [4.78, 5) is 31.3. The number of carbonyl (C=O) groups is 1. The van der Waals surface area contributed by atoms with Gasteiger partial charge in [-0.05, 0) is 37.8 Å². The van der Waals surface area contributed by atoms with Gasteiger partial charge < -0.3 is 10.1 Å². The van der Waals surface area contributed by atoms with Gasteiger partial charge in [0.1, 0.15) is 5.75 Å². The molecule has 0 aliphatic heterocycles. The molecule has 0 fully saturated rings. The molecule has 2 heterocycles. The second-order valence-corrected chi connectivity index (χ2v) is 8.85. The SMILES string of the molecule is O=C(CSCc1cc(=O)n2c3c(sc2n1)CCCC3)Nc1ccccc1OC(F)F. The van der Waals surface area contributed by atoms with Gasteiger partial charge in [-0.15, -0.1) is 23.1 Å². The summed E-state index contributed by atoms with van der Waals surface area (Å²) >= 11 is 2.86. The van der Waals surface area contributed by atoms with Crippen molar-refractivity contribution in [2.24, 2.45) is 0 Å². The summed E-state index contributed by atoms with van der Waals surface area (Å²) in [5.41, 5.74) is 1.81. The van der Waals surface area contributed by atoms with Gasteiger partial charge in [-0.2, -0.15) is 8.78 Å². The van der Waals surface area contributed by atoms with Crippen LogP contribution in [0.2, 0.25) is 0 Å². The number of hydrogen-bond donors (Lipinski definition) is 1. The molecule has 0 radical (unpaired) electrons. The summed E-state index contributed by atoms with van der Waals surface area (Å²) < 4.78 is 31.1.